The topological polar surface area (TPSA) is 101 Å². The fraction of sp³-hybridized carbons (Fsp3) is 0.412. The van der Waals surface area contributed by atoms with Crippen LogP contribution in [0.15, 0.2) is 47.6 Å². The lowest BCUT2D eigenvalue weighted by molar-refractivity contribution is -0.149. The van der Waals surface area contributed by atoms with Crippen LogP contribution in [0.25, 0.3) is 5.69 Å². The number of sulfonamides is 1. The molecule has 2 N–H and O–H groups in total. The van der Waals surface area contributed by atoms with Crippen LogP contribution in [0.2, 0.25) is 0 Å². The van der Waals surface area contributed by atoms with Gasteiger partial charge in [-0.1, -0.05) is 0 Å². The molecule has 0 radical (unpaired) electrons. The second kappa shape index (κ2) is 6.61. The molecule has 1 aromatic carbocycles. The first-order valence-corrected chi connectivity index (χ1v) is 9.64. The average molecular weight is 363 g/mol. The maximum atomic E-state index is 12.5. The van der Waals surface area contributed by atoms with Crippen molar-refractivity contribution in [2.45, 2.75) is 43.5 Å². The van der Waals surface area contributed by atoms with Crippen LogP contribution in [0.4, 0.5) is 0 Å². The molecule has 1 aliphatic rings. The van der Waals surface area contributed by atoms with Gasteiger partial charge in [0.1, 0.15) is 0 Å². The number of carboxylic acids is 1. The minimum absolute atomic E-state index is 0.190. The van der Waals surface area contributed by atoms with E-state index >= 15 is 0 Å². The molecule has 2 aromatic rings. The van der Waals surface area contributed by atoms with Gasteiger partial charge in [0.2, 0.25) is 10.0 Å². The normalized spacial score (nSPS) is 24.1. The number of hydrogen-bond acceptors (Lipinski definition) is 4. The first-order chi connectivity index (χ1) is 11.8. The molecule has 0 aliphatic heterocycles. The molecule has 0 bridgehead atoms. The quantitative estimate of drug-likeness (QED) is 0.848. The zero-order valence-electron chi connectivity index (χ0n) is 13.9. The molecule has 1 heterocycles. The van der Waals surface area contributed by atoms with Gasteiger partial charge >= 0.3 is 5.97 Å². The second-order valence-electron chi connectivity index (χ2n) is 6.71. The lowest BCUT2D eigenvalue weighted by Crippen LogP contribution is -2.42. The van der Waals surface area contributed by atoms with E-state index in [1.54, 1.807) is 54.3 Å². The predicted octanol–water partition coefficient (Wildman–Crippen LogP) is 2.18. The summed E-state index contributed by atoms with van der Waals surface area (Å²) >= 11 is 0. The summed E-state index contributed by atoms with van der Waals surface area (Å²) in [6.45, 7) is 1.72. The third-order valence-electron chi connectivity index (χ3n) is 4.84. The summed E-state index contributed by atoms with van der Waals surface area (Å²) < 4.78 is 29.4. The van der Waals surface area contributed by atoms with Gasteiger partial charge in [-0.15, -0.1) is 0 Å². The monoisotopic (exact) mass is 363 g/mol. The summed E-state index contributed by atoms with van der Waals surface area (Å²) in [6, 6.07) is 8.05. The molecule has 0 unspecified atom stereocenters. The molecule has 1 aromatic heterocycles. The number of carbonyl (C=O) groups is 1. The van der Waals surface area contributed by atoms with Gasteiger partial charge in [-0.05, 0) is 62.9 Å². The van der Waals surface area contributed by atoms with Crippen molar-refractivity contribution in [3.63, 3.8) is 0 Å². The Morgan fingerprint density at radius 1 is 1.28 bits per heavy atom. The van der Waals surface area contributed by atoms with Gasteiger partial charge in [0.25, 0.3) is 0 Å². The first kappa shape index (κ1) is 17.6. The number of nitrogens with zero attached hydrogens (tertiary/aromatic N) is 2. The summed E-state index contributed by atoms with van der Waals surface area (Å²) in [5.41, 5.74) is 0.0201. The van der Waals surface area contributed by atoms with Gasteiger partial charge in [-0.2, -0.15) is 5.10 Å². The van der Waals surface area contributed by atoms with Crippen LogP contribution in [0.3, 0.4) is 0 Å². The third kappa shape index (κ3) is 3.74. The zero-order chi connectivity index (χ0) is 18.1. The smallest absolute Gasteiger partial charge is 0.309 e. The summed E-state index contributed by atoms with van der Waals surface area (Å²) in [6.07, 6.45) is 5.41. The number of carboxylic acid groups (broad SMARTS) is 1. The van der Waals surface area contributed by atoms with Crippen molar-refractivity contribution >= 4 is 16.0 Å². The minimum Gasteiger partial charge on any atom is -0.481 e. The van der Waals surface area contributed by atoms with Crippen LogP contribution in [-0.4, -0.2) is 35.3 Å². The molecule has 25 heavy (non-hydrogen) atoms. The summed E-state index contributed by atoms with van der Waals surface area (Å²) in [7, 11) is -3.63. The SMILES string of the molecule is CC1(C(=O)O)CCC(NS(=O)(=O)c2ccc(-n3cccn3)cc2)CC1. The molecule has 0 spiro atoms. The summed E-state index contributed by atoms with van der Waals surface area (Å²) in [5.74, 6) is -0.817. The number of hydrogen-bond donors (Lipinski definition) is 2. The molecule has 0 amide bonds. The molecular weight excluding hydrogens is 342 g/mol. The number of nitrogens with one attached hydrogen (secondary N) is 1. The highest BCUT2D eigenvalue weighted by molar-refractivity contribution is 7.89. The molecule has 3 rings (SSSR count). The fourth-order valence-corrected chi connectivity index (χ4v) is 4.38. The van der Waals surface area contributed by atoms with Gasteiger partial charge in [-0.3, -0.25) is 4.79 Å². The Kier molecular flexibility index (Phi) is 4.66. The van der Waals surface area contributed by atoms with E-state index in [4.69, 9.17) is 0 Å². The van der Waals surface area contributed by atoms with E-state index in [0.29, 0.717) is 25.7 Å². The largest absolute Gasteiger partial charge is 0.481 e. The second-order valence-corrected chi connectivity index (χ2v) is 8.42. The van der Waals surface area contributed by atoms with Gasteiger partial charge < -0.3 is 5.11 Å². The fourth-order valence-electron chi connectivity index (χ4n) is 3.07. The maximum absolute atomic E-state index is 12.5. The van der Waals surface area contributed by atoms with Crippen LogP contribution in [0.1, 0.15) is 32.6 Å². The van der Waals surface area contributed by atoms with Crippen LogP contribution in [-0.2, 0) is 14.8 Å². The van der Waals surface area contributed by atoms with Crippen molar-refractivity contribution in [1.29, 1.82) is 0 Å². The van der Waals surface area contributed by atoms with E-state index in [9.17, 15) is 18.3 Å². The van der Waals surface area contributed by atoms with Crippen LogP contribution >= 0.6 is 0 Å². The number of aromatic nitrogens is 2. The van der Waals surface area contributed by atoms with Gasteiger partial charge in [0, 0.05) is 18.4 Å². The highest BCUT2D eigenvalue weighted by Crippen LogP contribution is 2.36. The van der Waals surface area contributed by atoms with E-state index in [1.807, 2.05) is 0 Å². The number of aliphatic carboxylic acids is 1. The van der Waals surface area contributed by atoms with Gasteiger partial charge in [0.05, 0.1) is 16.0 Å². The number of rotatable bonds is 5. The van der Waals surface area contributed by atoms with E-state index in [0.717, 1.165) is 5.69 Å². The van der Waals surface area contributed by atoms with Crippen molar-refractivity contribution < 1.29 is 18.3 Å². The lowest BCUT2D eigenvalue weighted by atomic mass is 9.74. The van der Waals surface area contributed by atoms with Crippen LogP contribution in [0.5, 0.6) is 0 Å². The molecule has 134 valence electrons. The highest BCUT2D eigenvalue weighted by Gasteiger charge is 2.38. The molecule has 1 saturated carbocycles. The molecule has 1 aliphatic carbocycles. The molecule has 8 heteroatoms. The number of benzene rings is 1. The Balaban J connectivity index is 1.67. The summed E-state index contributed by atoms with van der Waals surface area (Å²) in [5, 5.41) is 13.4. The van der Waals surface area contributed by atoms with E-state index in [2.05, 4.69) is 9.82 Å². The highest BCUT2D eigenvalue weighted by atomic mass is 32.2. The first-order valence-electron chi connectivity index (χ1n) is 8.16. The Morgan fingerprint density at radius 2 is 1.92 bits per heavy atom. The van der Waals surface area contributed by atoms with E-state index in [1.165, 1.54) is 0 Å². The standard InChI is InChI=1S/C17H21N3O4S/c1-17(16(21)22)9-7-13(8-10-17)19-25(23,24)15-5-3-14(4-6-15)20-12-2-11-18-20/h2-6,11-13,19H,7-10H2,1H3,(H,21,22). The Labute approximate surface area is 146 Å². The predicted molar refractivity (Wildman–Crippen MR) is 91.9 cm³/mol. The van der Waals surface area contributed by atoms with Gasteiger partial charge in [0.15, 0.2) is 0 Å². The van der Waals surface area contributed by atoms with Crippen molar-refractivity contribution in [3.05, 3.63) is 42.7 Å². The Bertz CT molecular complexity index is 837. The molecule has 0 saturated heterocycles. The molecular formula is C17H21N3O4S. The van der Waals surface area contributed by atoms with Crippen molar-refractivity contribution in [3.8, 4) is 5.69 Å². The zero-order valence-corrected chi connectivity index (χ0v) is 14.7. The van der Waals surface area contributed by atoms with E-state index in [-0.39, 0.29) is 10.9 Å². The van der Waals surface area contributed by atoms with E-state index < -0.39 is 21.4 Å². The Hall–Kier alpha value is -2.19. The van der Waals surface area contributed by atoms with Crippen molar-refractivity contribution in [2.75, 3.05) is 0 Å². The third-order valence-corrected chi connectivity index (χ3v) is 6.38. The van der Waals surface area contributed by atoms with Crippen LogP contribution in [0, 0.1) is 5.41 Å². The van der Waals surface area contributed by atoms with Crippen LogP contribution < -0.4 is 4.72 Å². The average Bonchev–Trinajstić information content (AvgIpc) is 3.11. The maximum Gasteiger partial charge on any atom is 0.309 e. The Morgan fingerprint density at radius 3 is 2.44 bits per heavy atom. The lowest BCUT2D eigenvalue weighted by Gasteiger charge is -2.34. The summed E-state index contributed by atoms with van der Waals surface area (Å²) in [4.78, 5) is 11.5. The molecule has 0 atom stereocenters. The minimum atomic E-state index is -3.63. The van der Waals surface area contributed by atoms with Gasteiger partial charge in [-0.25, -0.2) is 17.8 Å². The van der Waals surface area contributed by atoms with Crippen molar-refractivity contribution in [1.82, 2.24) is 14.5 Å². The molecule has 1 fully saturated rings. The molecule has 7 nitrogen and oxygen atoms in total. The van der Waals surface area contributed by atoms with Crippen molar-refractivity contribution in [2.24, 2.45) is 5.41 Å².